The second-order valence-electron chi connectivity index (χ2n) is 7.54. The maximum atomic E-state index is 13.3. The van der Waals surface area contributed by atoms with Crippen LogP contribution in [0.3, 0.4) is 0 Å². The first kappa shape index (κ1) is 23.6. The van der Waals surface area contributed by atoms with E-state index in [1.165, 1.54) is 4.31 Å². The highest BCUT2D eigenvalue weighted by molar-refractivity contribution is 7.86. The third kappa shape index (κ3) is 4.07. The van der Waals surface area contributed by atoms with Crippen LogP contribution in [0.15, 0.2) is 47.4 Å². The van der Waals surface area contributed by atoms with E-state index >= 15 is 0 Å². The largest absolute Gasteiger partial charge is 0.430 e. The van der Waals surface area contributed by atoms with E-state index in [9.17, 15) is 35.7 Å². The van der Waals surface area contributed by atoms with E-state index in [4.69, 9.17) is 0 Å². The summed E-state index contributed by atoms with van der Waals surface area (Å²) in [7, 11) is -1.70. The van der Waals surface area contributed by atoms with Gasteiger partial charge in [-0.05, 0) is 49.9 Å². The van der Waals surface area contributed by atoms with Crippen molar-refractivity contribution in [2.24, 2.45) is 0 Å². The van der Waals surface area contributed by atoms with E-state index in [1.54, 1.807) is 24.3 Å². The predicted molar refractivity (Wildman–Crippen MR) is 105 cm³/mol. The molecular weight excluding hydrogens is 444 g/mol. The van der Waals surface area contributed by atoms with Gasteiger partial charge in [0.1, 0.15) is 0 Å². The van der Waals surface area contributed by atoms with Gasteiger partial charge in [-0.2, -0.15) is 26.3 Å². The highest BCUT2D eigenvalue weighted by atomic mass is 32.2. The average molecular weight is 465 g/mol. The van der Waals surface area contributed by atoms with Gasteiger partial charge in [0.05, 0.1) is 10.6 Å². The number of aryl methyl sites for hydroxylation is 2. The van der Waals surface area contributed by atoms with Crippen LogP contribution in [0, 0.1) is 6.92 Å². The number of hydrogen-bond donors (Lipinski definition) is 1. The molecule has 31 heavy (non-hydrogen) atoms. The normalized spacial score (nSPS) is 18.6. The Labute approximate surface area is 178 Å². The van der Waals surface area contributed by atoms with Crippen molar-refractivity contribution in [3.8, 4) is 0 Å². The molecule has 2 atom stereocenters. The minimum absolute atomic E-state index is 0.176. The number of benzene rings is 2. The summed E-state index contributed by atoms with van der Waals surface area (Å²) in [5.74, 6) is 0. The van der Waals surface area contributed by atoms with E-state index < -0.39 is 34.5 Å². The molecule has 2 aromatic carbocycles. The van der Waals surface area contributed by atoms with Crippen LogP contribution in [0.5, 0.6) is 0 Å². The number of anilines is 1. The minimum Gasteiger partial charge on any atom is -0.369 e. The lowest BCUT2D eigenvalue weighted by molar-refractivity contribution is -0.376. The molecule has 1 heterocycles. The molecule has 0 aromatic heterocycles. The molecule has 10 heteroatoms. The second-order valence-corrected chi connectivity index (χ2v) is 8.90. The van der Waals surface area contributed by atoms with Crippen LogP contribution in [0.25, 0.3) is 0 Å². The zero-order valence-electron chi connectivity index (χ0n) is 16.7. The van der Waals surface area contributed by atoms with Gasteiger partial charge in [-0.1, -0.05) is 36.8 Å². The van der Waals surface area contributed by atoms with Crippen LogP contribution in [0.4, 0.5) is 32.0 Å². The summed E-state index contributed by atoms with van der Waals surface area (Å²) in [4.78, 5) is 0.475. The lowest BCUT2D eigenvalue weighted by Gasteiger charge is -2.38. The van der Waals surface area contributed by atoms with Gasteiger partial charge in [0.15, 0.2) is 11.0 Å². The molecule has 0 saturated carbocycles. The Morgan fingerprint density at radius 3 is 2.13 bits per heavy atom. The quantitative estimate of drug-likeness (QED) is 0.601. The van der Waals surface area contributed by atoms with Crippen molar-refractivity contribution in [2.75, 3.05) is 4.31 Å². The van der Waals surface area contributed by atoms with Crippen molar-refractivity contribution >= 4 is 16.7 Å². The first-order valence-corrected chi connectivity index (χ1v) is 10.7. The van der Waals surface area contributed by atoms with Gasteiger partial charge in [0.2, 0.25) is 0 Å². The Morgan fingerprint density at radius 2 is 1.61 bits per heavy atom. The van der Waals surface area contributed by atoms with Crippen molar-refractivity contribution in [3.63, 3.8) is 0 Å². The smallest absolute Gasteiger partial charge is 0.369 e. The van der Waals surface area contributed by atoms with Gasteiger partial charge >= 0.3 is 12.4 Å². The average Bonchev–Trinajstić information content (AvgIpc) is 2.70. The molecule has 0 radical (unpaired) electrons. The standard InChI is InChI=1S/C21H21F6NO2S/c1-3-16-8-6-14-12-15(19(29,20(22,23)24)21(25,26)27)7-11-18(14)28(16)31(30)17-9-4-13(2)5-10-17/h4-5,7,9-12,16,29H,3,6,8H2,1-2H3/t16-,31?/m1/s1. The lowest BCUT2D eigenvalue weighted by atomic mass is 9.87. The van der Waals surface area contributed by atoms with Crippen molar-refractivity contribution in [2.45, 2.75) is 62.0 Å². The molecule has 1 unspecified atom stereocenters. The van der Waals surface area contributed by atoms with Crippen molar-refractivity contribution < 1.29 is 35.7 Å². The van der Waals surface area contributed by atoms with Crippen molar-refractivity contribution in [1.29, 1.82) is 0 Å². The van der Waals surface area contributed by atoms with Crippen LogP contribution in [-0.4, -0.2) is 27.7 Å². The maximum absolute atomic E-state index is 13.3. The number of aliphatic hydroxyl groups is 1. The van der Waals surface area contributed by atoms with E-state index in [2.05, 4.69) is 0 Å². The van der Waals surface area contributed by atoms with Gasteiger partial charge < -0.3 is 5.11 Å². The Kier molecular flexibility index (Phi) is 6.18. The number of hydrogen-bond acceptors (Lipinski definition) is 2. The Balaban J connectivity index is 2.10. The molecule has 0 amide bonds. The molecule has 0 aliphatic carbocycles. The summed E-state index contributed by atoms with van der Waals surface area (Å²) in [5.41, 5.74) is -4.86. The van der Waals surface area contributed by atoms with Crippen molar-refractivity contribution in [1.82, 2.24) is 0 Å². The zero-order chi connectivity index (χ0) is 23.2. The molecular formula is C21H21F6NO2S. The molecule has 0 fully saturated rings. The highest BCUT2D eigenvalue weighted by Crippen LogP contribution is 2.51. The van der Waals surface area contributed by atoms with Crippen molar-refractivity contribution in [3.05, 3.63) is 59.2 Å². The summed E-state index contributed by atoms with van der Waals surface area (Å²) in [5, 5.41) is 9.71. The third-order valence-electron chi connectivity index (χ3n) is 5.51. The second kappa shape index (κ2) is 8.12. The SMILES string of the molecule is CC[C@@H]1CCc2cc(C(O)(C(F)(F)F)C(F)(F)F)ccc2N1S(=O)c1ccc(C)cc1. The Bertz CT molecular complexity index is 957. The summed E-state index contributed by atoms with van der Waals surface area (Å²) < 4.78 is 94.4. The van der Waals surface area contributed by atoms with Crippen LogP contribution in [0.2, 0.25) is 0 Å². The molecule has 1 aliphatic rings. The number of nitrogens with zero attached hydrogens (tertiary/aromatic N) is 1. The summed E-state index contributed by atoms with van der Waals surface area (Å²) >= 11 is 0. The molecule has 3 nitrogen and oxygen atoms in total. The van der Waals surface area contributed by atoms with Crippen LogP contribution in [0.1, 0.15) is 36.5 Å². The van der Waals surface area contributed by atoms with E-state index in [0.29, 0.717) is 29.5 Å². The van der Waals surface area contributed by atoms with Gasteiger partial charge in [0, 0.05) is 11.6 Å². The number of halogens is 6. The first-order chi connectivity index (χ1) is 14.3. The van der Waals surface area contributed by atoms with Gasteiger partial charge in [-0.3, -0.25) is 4.31 Å². The van der Waals surface area contributed by atoms with E-state index in [0.717, 1.165) is 17.7 Å². The Morgan fingerprint density at radius 1 is 1.03 bits per heavy atom. The molecule has 0 saturated heterocycles. The summed E-state index contributed by atoms with van der Waals surface area (Å²) in [6, 6.07) is 9.10. The van der Waals surface area contributed by atoms with Gasteiger partial charge in [0.25, 0.3) is 5.60 Å². The zero-order valence-corrected chi connectivity index (χ0v) is 17.5. The lowest BCUT2D eigenvalue weighted by Crippen LogP contribution is -2.54. The monoisotopic (exact) mass is 465 g/mol. The van der Waals surface area contributed by atoms with Gasteiger partial charge in [-0.15, -0.1) is 0 Å². The fourth-order valence-corrected chi connectivity index (χ4v) is 5.19. The molecule has 3 rings (SSSR count). The summed E-state index contributed by atoms with van der Waals surface area (Å²) in [6.07, 6.45) is -10.7. The van der Waals surface area contributed by atoms with Crippen LogP contribution < -0.4 is 4.31 Å². The molecule has 1 N–H and O–H groups in total. The summed E-state index contributed by atoms with van der Waals surface area (Å²) in [6.45, 7) is 3.73. The molecule has 0 spiro atoms. The Hall–Kier alpha value is -2.07. The fraction of sp³-hybridized carbons (Fsp3) is 0.429. The third-order valence-corrected chi connectivity index (χ3v) is 7.03. The number of alkyl halides is 6. The molecule has 2 aromatic rings. The topological polar surface area (TPSA) is 40.5 Å². The number of rotatable bonds is 4. The fourth-order valence-electron chi connectivity index (χ4n) is 3.71. The maximum Gasteiger partial charge on any atom is 0.430 e. The number of fused-ring (bicyclic) bond motifs is 1. The van der Waals surface area contributed by atoms with Crippen LogP contribution >= 0.6 is 0 Å². The van der Waals surface area contributed by atoms with Gasteiger partial charge in [-0.25, -0.2) is 4.21 Å². The van der Waals surface area contributed by atoms with Crippen LogP contribution in [-0.2, 0) is 23.0 Å². The molecule has 1 aliphatic heterocycles. The minimum atomic E-state index is -5.95. The molecule has 0 bridgehead atoms. The van der Waals surface area contributed by atoms with E-state index in [1.807, 2.05) is 13.8 Å². The highest BCUT2D eigenvalue weighted by Gasteiger charge is 2.71. The first-order valence-electron chi connectivity index (χ1n) is 9.58. The van der Waals surface area contributed by atoms with E-state index in [-0.39, 0.29) is 18.0 Å². The predicted octanol–water partition coefficient (Wildman–Crippen LogP) is 5.56. The molecule has 170 valence electrons.